The Balaban J connectivity index is 3.06. The summed E-state index contributed by atoms with van der Waals surface area (Å²) in [6, 6.07) is 2.83. The van der Waals surface area contributed by atoms with Gasteiger partial charge in [0.2, 0.25) is 0 Å². The molecule has 1 N–H and O–H groups in total. The molecule has 1 rings (SSSR count). The number of nitrogens with one attached hydrogen (secondary N) is 1. The molecule has 1 unspecified atom stereocenters. The Bertz CT molecular complexity index is 570. The Morgan fingerprint density at radius 2 is 1.95 bits per heavy atom. The Morgan fingerprint density at radius 3 is 2.40 bits per heavy atom. The van der Waals surface area contributed by atoms with Crippen molar-refractivity contribution in [2.75, 3.05) is 24.4 Å². The van der Waals surface area contributed by atoms with Crippen LogP contribution in [0, 0.1) is 0 Å². The molecule has 0 saturated heterocycles. The number of methoxy groups -OCH3 is 1. The largest absolute Gasteiger partial charge is 0.497 e. The van der Waals surface area contributed by atoms with Crippen LogP contribution in [0.1, 0.15) is 12.5 Å². The molecule has 114 valence electrons. The summed E-state index contributed by atoms with van der Waals surface area (Å²) in [5, 5.41) is 2.57. The van der Waals surface area contributed by atoms with E-state index < -0.39 is 27.6 Å². The highest BCUT2D eigenvalue weighted by Crippen LogP contribution is 2.37. The molecule has 0 aromatic heterocycles. The van der Waals surface area contributed by atoms with E-state index in [1.165, 1.54) is 26.2 Å². The first-order valence-electron chi connectivity index (χ1n) is 5.72. The SMILES string of the molecule is COc1ccc(NC(C)CS(C)(=O)=O)c(C(F)(F)F)c1. The second-order valence-corrected chi connectivity index (χ2v) is 6.73. The van der Waals surface area contributed by atoms with Gasteiger partial charge in [0.05, 0.1) is 18.4 Å². The lowest BCUT2D eigenvalue weighted by Crippen LogP contribution is -2.26. The van der Waals surface area contributed by atoms with E-state index in [0.29, 0.717) is 0 Å². The van der Waals surface area contributed by atoms with Crippen molar-refractivity contribution in [1.29, 1.82) is 0 Å². The van der Waals surface area contributed by atoms with Crippen molar-refractivity contribution < 1.29 is 26.3 Å². The molecule has 0 fully saturated rings. The number of rotatable bonds is 5. The summed E-state index contributed by atoms with van der Waals surface area (Å²) in [6.45, 7) is 1.51. The first-order valence-corrected chi connectivity index (χ1v) is 7.78. The predicted molar refractivity (Wildman–Crippen MR) is 70.8 cm³/mol. The third-order valence-electron chi connectivity index (χ3n) is 2.49. The minimum absolute atomic E-state index is 0.0821. The Labute approximate surface area is 115 Å². The van der Waals surface area contributed by atoms with Crippen molar-refractivity contribution in [2.24, 2.45) is 0 Å². The second-order valence-electron chi connectivity index (χ2n) is 4.55. The van der Waals surface area contributed by atoms with E-state index in [9.17, 15) is 21.6 Å². The fraction of sp³-hybridized carbons (Fsp3) is 0.500. The molecule has 0 spiro atoms. The third kappa shape index (κ3) is 4.92. The first-order chi connectivity index (χ1) is 9.03. The number of alkyl halides is 3. The van der Waals surface area contributed by atoms with Crippen LogP contribution in [0.15, 0.2) is 18.2 Å². The smallest absolute Gasteiger partial charge is 0.418 e. The molecular formula is C12H16F3NO3S. The Kier molecular flexibility index (Phi) is 4.90. The summed E-state index contributed by atoms with van der Waals surface area (Å²) in [6.07, 6.45) is -3.52. The molecule has 1 aromatic carbocycles. The molecule has 0 aliphatic rings. The number of ether oxygens (including phenoxy) is 1. The number of hydrogen-bond donors (Lipinski definition) is 1. The van der Waals surface area contributed by atoms with E-state index in [2.05, 4.69) is 5.32 Å². The fourth-order valence-electron chi connectivity index (χ4n) is 1.77. The predicted octanol–water partition coefficient (Wildman–Crippen LogP) is 2.56. The van der Waals surface area contributed by atoms with Crippen molar-refractivity contribution in [3.63, 3.8) is 0 Å². The van der Waals surface area contributed by atoms with E-state index >= 15 is 0 Å². The molecule has 20 heavy (non-hydrogen) atoms. The standard InChI is InChI=1S/C12H16F3NO3S/c1-8(7-20(3,17)18)16-11-5-4-9(19-2)6-10(11)12(13,14)15/h4-6,8,16H,7H2,1-3H3. The number of anilines is 1. The lowest BCUT2D eigenvalue weighted by molar-refractivity contribution is -0.137. The van der Waals surface area contributed by atoms with E-state index in [4.69, 9.17) is 4.74 Å². The molecule has 0 aliphatic carbocycles. The van der Waals surface area contributed by atoms with Gasteiger partial charge in [-0.15, -0.1) is 0 Å². The van der Waals surface area contributed by atoms with Gasteiger partial charge in [-0.2, -0.15) is 13.2 Å². The van der Waals surface area contributed by atoms with Crippen LogP contribution in [0.5, 0.6) is 5.75 Å². The van der Waals surface area contributed by atoms with Gasteiger partial charge >= 0.3 is 6.18 Å². The molecule has 0 bridgehead atoms. The zero-order valence-corrected chi connectivity index (χ0v) is 12.1. The molecule has 1 atom stereocenters. The molecule has 0 heterocycles. The third-order valence-corrected chi connectivity index (χ3v) is 3.59. The van der Waals surface area contributed by atoms with Gasteiger partial charge in [0.15, 0.2) is 0 Å². The van der Waals surface area contributed by atoms with Gasteiger partial charge in [0.25, 0.3) is 0 Å². The lowest BCUT2D eigenvalue weighted by Gasteiger charge is -2.19. The maximum Gasteiger partial charge on any atom is 0.418 e. The minimum atomic E-state index is -4.55. The fourth-order valence-corrected chi connectivity index (χ4v) is 2.76. The molecule has 0 saturated carbocycles. The summed E-state index contributed by atoms with van der Waals surface area (Å²) < 4.78 is 65.8. The van der Waals surface area contributed by atoms with Gasteiger partial charge in [-0.05, 0) is 25.1 Å². The van der Waals surface area contributed by atoms with Gasteiger partial charge in [-0.3, -0.25) is 0 Å². The van der Waals surface area contributed by atoms with Crippen LogP contribution in [-0.4, -0.2) is 33.6 Å². The van der Waals surface area contributed by atoms with Crippen LogP contribution in [0.25, 0.3) is 0 Å². The zero-order chi connectivity index (χ0) is 15.6. The van der Waals surface area contributed by atoms with E-state index in [1.807, 2.05) is 0 Å². The lowest BCUT2D eigenvalue weighted by atomic mass is 10.1. The average molecular weight is 311 g/mol. The monoisotopic (exact) mass is 311 g/mol. The van der Waals surface area contributed by atoms with Crippen molar-refractivity contribution in [3.05, 3.63) is 23.8 Å². The first kappa shape index (κ1) is 16.6. The van der Waals surface area contributed by atoms with Crippen LogP contribution < -0.4 is 10.1 Å². The second kappa shape index (κ2) is 5.90. The van der Waals surface area contributed by atoms with Crippen LogP contribution in [0.2, 0.25) is 0 Å². The number of halogens is 3. The van der Waals surface area contributed by atoms with Crippen molar-refractivity contribution in [2.45, 2.75) is 19.1 Å². The van der Waals surface area contributed by atoms with Crippen molar-refractivity contribution in [1.82, 2.24) is 0 Å². The van der Waals surface area contributed by atoms with Crippen LogP contribution in [0.4, 0.5) is 18.9 Å². The number of hydrogen-bond acceptors (Lipinski definition) is 4. The van der Waals surface area contributed by atoms with Gasteiger partial charge in [0.1, 0.15) is 15.6 Å². The Morgan fingerprint density at radius 1 is 1.35 bits per heavy atom. The summed E-state index contributed by atoms with van der Waals surface area (Å²) in [7, 11) is -2.00. The number of sulfone groups is 1. The highest BCUT2D eigenvalue weighted by molar-refractivity contribution is 7.90. The average Bonchev–Trinajstić information content (AvgIpc) is 2.25. The van der Waals surface area contributed by atoms with Gasteiger partial charge < -0.3 is 10.1 Å². The topological polar surface area (TPSA) is 55.4 Å². The molecule has 0 amide bonds. The summed E-state index contributed by atoms with van der Waals surface area (Å²) >= 11 is 0. The molecule has 1 aromatic rings. The highest BCUT2D eigenvalue weighted by atomic mass is 32.2. The summed E-state index contributed by atoms with van der Waals surface area (Å²) in [5.74, 6) is -0.172. The molecule has 0 radical (unpaired) electrons. The van der Waals surface area contributed by atoms with Crippen molar-refractivity contribution in [3.8, 4) is 5.75 Å². The number of benzene rings is 1. The van der Waals surface area contributed by atoms with Crippen molar-refractivity contribution >= 4 is 15.5 Å². The quantitative estimate of drug-likeness (QED) is 0.908. The summed E-state index contributed by atoms with van der Waals surface area (Å²) in [4.78, 5) is 0. The maximum atomic E-state index is 12.9. The molecule has 0 aliphatic heterocycles. The molecule has 4 nitrogen and oxygen atoms in total. The van der Waals surface area contributed by atoms with Gasteiger partial charge in [0, 0.05) is 18.0 Å². The van der Waals surface area contributed by atoms with E-state index in [0.717, 1.165) is 12.3 Å². The van der Waals surface area contributed by atoms with E-state index in [1.54, 1.807) is 0 Å². The minimum Gasteiger partial charge on any atom is -0.497 e. The highest BCUT2D eigenvalue weighted by Gasteiger charge is 2.34. The van der Waals surface area contributed by atoms with Gasteiger partial charge in [-0.1, -0.05) is 0 Å². The molecular weight excluding hydrogens is 295 g/mol. The maximum absolute atomic E-state index is 12.9. The van der Waals surface area contributed by atoms with E-state index in [-0.39, 0.29) is 17.2 Å². The van der Waals surface area contributed by atoms with Crippen LogP contribution in [0.3, 0.4) is 0 Å². The van der Waals surface area contributed by atoms with Gasteiger partial charge in [-0.25, -0.2) is 8.42 Å². The van der Waals surface area contributed by atoms with Crippen LogP contribution >= 0.6 is 0 Å². The van der Waals surface area contributed by atoms with Crippen LogP contribution in [-0.2, 0) is 16.0 Å². The summed E-state index contributed by atoms with van der Waals surface area (Å²) in [5.41, 5.74) is -1.06. The molecule has 8 heteroatoms. The Hall–Kier alpha value is -1.44. The normalized spacial score (nSPS) is 13.9. The zero-order valence-electron chi connectivity index (χ0n) is 11.3.